The molecular weight excluding hydrogens is 430 g/mol. The number of aromatic nitrogens is 7. The van der Waals surface area contributed by atoms with E-state index in [-0.39, 0.29) is 5.54 Å². The van der Waals surface area contributed by atoms with Gasteiger partial charge in [0.15, 0.2) is 17.2 Å². The number of likely N-dealkylation sites (tertiary alicyclic amines) is 1. The molecule has 10 nitrogen and oxygen atoms in total. The molecule has 0 spiro atoms. The monoisotopic (exact) mass is 459 g/mol. The molecule has 4 aromatic rings. The van der Waals surface area contributed by atoms with E-state index in [9.17, 15) is 0 Å². The van der Waals surface area contributed by atoms with Crippen LogP contribution in [0.5, 0.6) is 0 Å². The van der Waals surface area contributed by atoms with E-state index in [1.165, 1.54) is 11.9 Å². The van der Waals surface area contributed by atoms with Crippen LogP contribution in [0, 0.1) is 6.92 Å². The van der Waals surface area contributed by atoms with Crippen LogP contribution in [0.3, 0.4) is 0 Å². The van der Waals surface area contributed by atoms with Crippen LogP contribution in [0.1, 0.15) is 62.5 Å². The van der Waals surface area contributed by atoms with Crippen LogP contribution in [-0.2, 0) is 5.54 Å². The maximum atomic E-state index is 6.33. The van der Waals surface area contributed by atoms with Gasteiger partial charge in [-0.3, -0.25) is 0 Å². The Labute approximate surface area is 197 Å². The minimum absolute atomic E-state index is 0.314. The lowest BCUT2D eigenvalue weighted by molar-refractivity contribution is 0.188. The summed E-state index contributed by atoms with van der Waals surface area (Å²) in [5.41, 5.74) is 10.9. The minimum atomic E-state index is -0.314. The smallest absolute Gasteiger partial charge is 0.165 e. The third kappa shape index (κ3) is 3.27. The summed E-state index contributed by atoms with van der Waals surface area (Å²) < 4.78 is 7.78. The molecule has 0 atom stereocenters. The zero-order chi connectivity index (χ0) is 23.8. The lowest BCUT2D eigenvalue weighted by atomic mass is 9.92. The number of anilines is 1. The number of nitrogens with zero attached hydrogens (tertiary/aromatic N) is 8. The molecule has 10 heteroatoms. The van der Waals surface area contributed by atoms with E-state index < -0.39 is 0 Å². The standard InChI is InChI=1S/C24H29N9O/c1-12-15(14-9-32(5)10-14)8-26-22(29-12)16-19(31-34-20(16)13-6-7-13)18-17-21(25)27-11-28-23(17)33(30-18)24(2,3)4/h8,11,13-14H,6-7,9-10H2,1-5H3,(H2,25,27,28). The summed E-state index contributed by atoms with van der Waals surface area (Å²) in [7, 11) is 2.13. The molecule has 176 valence electrons. The van der Waals surface area contributed by atoms with Gasteiger partial charge in [-0.05, 0) is 53.1 Å². The molecule has 2 fully saturated rings. The van der Waals surface area contributed by atoms with Crippen molar-refractivity contribution in [2.45, 2.75) is 57.9 Å². The first-order valence-electron chi connectivity index (χ1n) is 11.7. The second-order valence-electron chi connectivity index (χ2n) is 10.6. The first-order chi connectivity index (χ1) is 16.2. The van der Waals surface area contributed by atoms with E-state index in [4.69, 9.17) is 25.3 Å². The van der Waals surface area contributed by atoms with Gasteiger partial charge in [0.1, 0.15) is 23.5 Å². The molecule has 1 aliphatic heterocycles. The van der Waals surface area contributed by atoms with Gasteiger partial charge in [0.05, 0.1) is 16.5 Å². The van der Waals surface area contributed by atoms with E-state index in [1.807, 2.05) is 10.9 Å². The number of hydrogen-bond acceptors (Lipinski definition) is 9. The van der Waals surface area contributed by atoms with Gasteiger partial charge in [-0.1, -0.05) is 5.16 Å². The van der Waals surface area contributed by atoms with Crippen molar-refractivity contribution < 1.29 is 4.52 Å². The summed E-state index contributed by atoms with van der Waals surface area (Å²) in [5, 5.41) is 10.1. The molecule has 5 heterocycles. The van der Waals surface area contributed by atoms with Crippen LogP contribution < -0.4 is 5.73 Å². The van der Waals surface area contributed by atoms with Crippen molar-refractivity contribution in [2.24, 2.45) is 0 Å². The van der Waals surface area contributed by atoms with Crippen molar-refractivity contribution in [2.75, 3.05) is 25.9 Å². The zero-order valence-corrected chi connectivity index (χ0v) is 20.2. The Morgan fingerprint density at radius 3 is 2.47 bits per heavy atom. The van der Waals surface area contributed by atoms with Gasteiger partial charge >= 0.3 is 0 Å². The van der Waals surface area contributed by atoms with E-state index in [2.05, 4.69) is 54.8 Å². The van der Waals surface area contributed by atoms with Crippen LogP contribution in [0.15, 0.2) is 17.0 Å². The van der Waals surface area contributed by atoms with Crippen molar-refractivity contribution in [1.82, 2.24) is 39.8 Å². The Hall–Kier alpha value is -3.40. The number of nitrogen functional groups attached to an aromatic ring is 1. The fraction of sp³-hybridized carbons (Fsp3) is 0.500. The quantitative estimate of drug-likeness (QED) is 0.488. The van der Waals surface area contributed by atoms with Crippen molar-refractivity contribution in [3.8, 4) is 22.8 Å². The third-order valence-corrected chi connectivity index (χ3v) is 6.77. The molecule has 1 saturated carbocycles. The molecule has 6 rings (SSSR count). The number of aryl methyl sites for hydroxylation is 1. The fourth-order valence-corrected chi connectivity index (χ4v) is 4.81. The number of hydrogen-bond donors (Lipinski definition) is 1. The van der Waals surface area contributed by atoms with Crippen molar-refractivity contribution in [3.05, 3.63) is 29.5 Å². The number of nitrogens with two attached hydrogens (primary N) is 1. The van der Waals surface area contributed by atoms with E-state index in [1.54, 1.807) is 0 Å². The first kappa shape index (κ1) is 21.2. The van der Waals surface area contributed by atoms with E-state index in [0.29, 0.717) is 45.9 Å². The molecule has 0 radical (unpaired) electrons. The second-order valence-corrected chi connectivity index (χ2v) is 10.6. The molecule has 34 heavy (non-hydrogen) atoms. The molecule has 0 aromatic carbocycles. The van der Waals surface area contributed by atoms with Crippen LogP contribution in [0.4, 0.5) is 5.82 Å². The van der Waals surface area contributed by atoms with Gasteiger partial charge in [0, 0.05) is 36.8 Å². The predicted octanol–water partition coefficient (Wildman–Crippen LogP) is 3.49. The molecule has 4 aromatic heterocycles. The van der Waals surface area contributed by atoms with Gasteiger partial charge in [0.25, 0.3) is 0 Å². The highest BCUT2D eigenvalue weighted by Gasteiger charge is 2.37. The highest BCUT2D eigenvalue weighted by atomic mass is 16.5. The zero-order valence-electron chi connectivity index (χ0n) is 20.2. The Bertz CT molecular complexity index is 1400. The van der Waals surface area contributed by atoms with Crippen LogP contribution in [0.25, 0.3) is 33.8 Å². The average Bonchev–Trinajstić information content (AvgIpc) is 3.37. The highest BCUT2D eigenvalue weighted by Crippen LogP contribution is 2.48. The highest BCUT2D eigenvalue weighted by molar-refractivity contribution is 6.00. The molecule has 1 aliphatic carbocycles. The normalized spacial score (nSPS) is 17.4. The maximum Gasteiger partial charge on any atom is 0.165 e. The summed E-state index contributed by atoms with van der Waals surface area (Å²) in [4.78, 5) is 20.8. The Balaban J connectivity index is 1.55. The minimum Gasteiger partial charge on any atom is -0.383 e. The molecule has 2 aliphatic rings. The molecule has 0 bridgehead atoms. The van der Waals surface area contributed by atoms with Gasteiger partial charge in [-0.25, -0.2) is 24.6 Å². The lowest BCUT2D eigenvalue weighted by Gasteiger charge is -2.36. The maximum absolute atomic E-state index is 6.33. The van der Waals surface area contributed by atoms with Crippen LogP contribution >= 0.6 is 0 Å². The van der Waals surface area contributed by atoms with Gasteiger partial charge < -0.3 is 15.2 Å². The molecule has 1 saturated heterocycles. The summed E-state index contributed by atoms with van der Waals surface area (Å²) in [5.74, 6) is 2.59. The van der Waals surface area contributed by atoms with Gasteiger partial charge in [-0.15, -0.1) is 0 Å². The lowest BCUT2D eigenvalue weighted by Crippen LogP contribution is -2.42. The van der Waals surface area contributed by atoms with Crippen LogP contribution in [-0.4, -0.2) is 59.9 Å². The number of likely N-dealkylation sites (N-methyl/N-ethyl adjacent to an activating group) is 1. The summed E-state index contributed by atoms with van der Waals surface area (Å²) in [6.45, 7) is 10.3. The van der Waals surface area contributed by atoms with Crippen LogP contribution in [0.2, 0.25) is 0 Å². The second kappa shape index (κ2) is 7.30. The van der Waals surface area contributed by atoms with Gasteiger partial charge in [-0.2, -0.15) is 5.10 Å². The van der Waals surface area contributed by atoms with Crippen molar-refractivity contribution in [1.29, 1.82) is 0 Å². The Morgan fingerprint density at radius 1 is 1.06 bits per heavy atom. The van der Waals surface area contributed by atoms with E-state index in [0.717, 1.165) is 42.9 Å². The predicted molar refractivity (Wildman–Crippen MR) is 128 cm³/mol. The molecule has 0 amide bonds. The van der Waals surface area contributed by atoms with Crippen molar-refractivity contribution in [3.63, 3.8) is 0 Å². The third-order valence-electron chi connectivity index (χ3n) is 6.77. The summed E-state index contributed by atoms with van der Waals surface area (Å²) >= 11 is 0. The van der Waals surface area contributed by atoms with Crippen molar-refractivity contribution >= 4 is 16.9 Å². The Morgan fingerprint density at radius 2 is 1.82 bits per heavy atom. The van der Waals surface area contributed by atoms with Gasteiger partial charge in [0.2, 0.25) is 0 Å². The first-order valence-corrected chi connectivity index (χ1v) is 11.7. The summed E-state index contributed by atoms with van der Waals surface area (Å²) in [6.07, 6.45) is 5.56. The average molecular weight is 460 g/mol. The molecule has 2 N–H and O–H groups in total. The summed E-state index contributed by atoms with van der Waals surface area (Å²) in [6, 6.07) is 0. The topological polar surface area (TPSA) is 125 Å². The number of fused-ring (bicyclic) bond motifs is 1. The number of rotatable bonds is 4. The van der Waals surface area contributed by atoms with E-state index >= 15 is 0 Å². The molecule has 0 unspecified atom stereocenters. The molecular formula is C24H29N9O. The Kier molecular flexibility index (Phi) is 4.54. The SMILES string of the molecule is Cc1nc(-c2c(-c3nn(C(C)(C)C)c4ncnc(N)c34)noc2C2CC2)ncc1C1CN(C)C1. The largest absolute Gasteiger partial charge is 0.383 e. The fourth-order valence-electron chi connectivity index (χ4n) is 4.81.